The maximum atomic E-state index is 12.7. The first kappa shape index (κ1) is 34.7. The van der Waals surface area contributed by atoms with Gasteiger partial charge in [0.25, 0.3) is 0 Å². The summed E-state index contributed by atoms with van der Waals surface area (Å²) in [6.45, 7) is 6.73. The molecule has 6 heteroatoms. The van der Waals surface area contributed by atoms with E-state index in [1.54, 1.807) is 0 Å². The molecular weight excluding hydrogens is 892 g/mol. The maximum Gasteiger partial charge on any atom is 0.149 e. The Morgan fingerprint density at radius 3 is 2.00 bits per heavy atom. The number of aromatic nitrogens is 4. The molecule has 5 heterocycles. The molecule has 0 bridgehead atoms. The van der Waals surface area contributed by atoms with Crippen LogP contribution in [0, 0.1) is 6.07 Å². The smallest absolute Gasteiger partial charge is 0.149 e. The summed E-state index contributed by atoms with van der Waals surface area (Å²) in [6, 6.07) is 55.0. The van der Waals surface area contributed by atoms with Crippen molar-refractivity contribution in [1.29, 1.82) is 0 Å². The van der Waals surface area contributed by atoms with Crippen LogP contribution in [-0.2, 0) is 26.5 Å². The fourth-order valence-corrected chi connectivity index (χ4v) is 9.30. The summed E-state index contributed by atoms with van der Waals surface area (Å²) in [7, 11) is 0. The quantitative estimate of drug-likeness (QED) is 0.142. The first-order valence-electron chi connectivity index (χ1n) is 19.5. The SMILES string of the molecule is CC(C)(C)c1cc(-c2cc(-c3ccccc3)ccn2)[c-]c(-c2cccc3c2nc2c4c(O)c5c6cccc7c8ccccc8n(c5cc4c4ccccc4n32)c76)c1.[Pt]. The van der Waals surface area contributed by atoms with Crippen molar-refractivity contribution in [3.63, 3.8) is 0 Å². The predicted octanol–water partition coefficient (Wildman–Crippen LogP) is 13.1. The van der Waals surface area contributed by atoms with Gasteiger partial charge >= 0.3 is 0 Å². The van der Waals surface area contributed by atoms with Crippen molar-refractivity contribution in [2.24, 2.45) is 0 Å². The molecule has 0 aliphatic rings. The number of rotatable bonds is 3. The number of para-hydroxylation sites is 4. The molecule has 7 aromatic carbocycles. The number of hydrogen-bond donors (Lipinski definition) is 1. The third-order valence-electron chi connectivity index (χ3n) is 12.0. The van der Waals surface area contributed by atoms with Gasteiger partial charge in [-0.3, -0.25) is 9.38 Å². The molecule has 0 aliphatic carbocycles. The molecule has 0 spiro atoms. The van der Waals surface area contributed by atoms with E-state index in [1.807, 2.05) is 12.3 Å². The van der Waals surface area contributed by atoms with Crippen molar-refractivity contribution in [2.75, 3.05) is 0 Å². The van der Waals surface area contributed by atoms with Crippen LogP contribution < -0.4 is 0 Å². The van der Waals surface area contributed by atoms with Gasteiger partial charge < -0.3 is 9.51 Å². The fraction of sp³-hybridized carbons (Fsp3) is 0.0769. The molecule has 5 aromatic heterocycles. The number of imidazole rings is 1. The van der Waals surface area contributed by atoms with Gasteiger partial charge in [0.05, 0.1) is 43.9 Å². The Balaban J connectivity index is 0.00000385. The van der Waals surface area contributed by atoms with E-state index in [1.165, 1.54) is 16.3 Å². The van der Waals surface area contributed by atoms with Gasteiger partial charge in [0.1, 0.15) is 11.4 Å². The number of pyridine rings is 2. The number of benzene rings is 7. The largest absolute Gasteiger partial charge is 0.506 e. The van der Waals surface area contributed by atoms with Crippen LogP contribution >= 0.6 is 0 Å². The molecule has 0 atom stereocenters. The van der Waals surface area contributed by atoms with Crippen molar-refractivity contribution in [1.82, 2.24) is 18.8 Å². The molecule has 5 nitrogen and oxygen atoms in total. The Kier molecular flexibility index (Phi) is 7.46. The first-order valence-corrected chi connectivity index (χ1v) is 19.5. The van der Waals surface area contributed by atoms with Gasteiger partial charge in [0.2, 0.25) is 0 Å². The van der Waals surface area contributed by atoms with Gasteiger partial charge in [-0.15, -0.1) is 29.3 Å². The van der Waals surface area contributed by atoms with Crippen molar-refractivity contribution in [3.05, 3.63) is 163 Å². The van der Waals surface area contributed by atoms with Crippen LogP contribution in [0.3, 0.4) is 0 Å². The van der Waals surface area contributed by atoms with Crippen LogP contribution in [0.2, 0.25) is 0 Å². The molecule has 12 aromatic rings. The fourth-order valence-electron chi connectivity index (χ4n) is 9.30. The van der Waals surface area contributed by atoms with Crippen LogP contribution in [-0.4, -0.2) is 23.9 Å². The van der Waals surface area contributed by atoms with Gasteiger partial charge in [-0.25, -0.2) is 4.98 Å². The molecule has 0 saturated carbocycles. The van der Waals surface area contributed by atoms with E-state index < -0.39 is 0 Å². The van der Waals surface area contributed by atoms with E-state index in [9.17, 15) is 5.11 Å². The molecule has 0 saturated heterocycles. The number of phenols is 1. The van der Waals surface area contributed by atoms with Crippen LogP contribution in [0.25, 0.3) is 110 Å². The summed E-state index contributed by atoms with van der Waals surface area (Å²) in [6.07, 6.45) is 1.89. The monoisotopic (exact) mass is 926 g/mol. The zero-order valence-corrected chi connectivity index (χ0v) is 34.3. The first-order chi connectivity index (χ1) is 27.8. The summed E-state index contributed by atoms with van der Waals surface area (Å²) in [5.41, 5.74) is 13.9. The Labute approximate surface area is 348 Å². The van der Waals surface area contributed by atoms with E-state index in [0.29, 0.717) is 0 Å². The van der Waals surface area contributed by atoms with E-state index in [0.717, 1.165) is 99.2 Å². The Morgan fingerprint density at radius 2 is 1.21 bits per heavy atom. The molecule has 0 unspecified atom stereocenters. The van der Waals surface area contributed by atoms with Crippen LogP contribution in [0.1, 0.15) is 26.3 Å². The van der Waals surface area contributed by atoms with Crippen molar-refractivity contribution in [3.8, 4) is 39.3 Å². The Hall–Kier alpha value is -6.55. The average Bonchev–Trinajstić information content (AvgIpc) is 3.91. The maximum absolute atomic E-state index is 12.7. The van der Waals surface area contributed by atoms with E-state index in [2.05, 4.69) is 175 Å². The normalized spacial score (nSPS) is 12.3. The minimum atomic E-state index is -0.131. The van der Waals surface area contributed by atoms with Gasteiger partial charge in [0, 0.05) is 59.9 Å². The summed E-state index contributed by atoms with van der Waals surface area (Å²) >= 11 is 0. The summed E-state index contributed by atoms with van der Waals surface area (Å²) < 4.78 is 4.56. The molecule has 0 fully saturated rings. The zero-order chi connectivity index (χ0) is 38.2. The standard InChI is InChI=1S/C52H35N4O.Pt/c1-52(2,3)34-26-32(25-33(27-34)41-28-31(23-24-53-41)30-13-5-4-6-14-30)35-17-12-22-44-48(35)54-51-47-40(37-16-8-10-21-43(37)56(44)51)29-45-46(50(47)57)39-19-11-18-38-36-15-7-9-20-42(36)55(45)49(38)39;/h4-24,26-29,57H,1-3H3;/q-1;. The minimum absolute atomic E-state index is 0. The number of nitrogens with zero attached hydrogens (tertiary/aromatic N) is 4. The predicted molar refractivity (Wildman–Crippen MR) is 236 cm³/mol. The number of phenolic OH excluding ortho intramolecular Hbond substituents is 1. The van der Waals surface area contributed by atoms with Gasteiger partial charge in [-0.1, -0.05) is 135 Å². The molecule has 280 valence electrons. The summed E-state index contributed by atoms with van der Waals surface area (Å²) in [5, 5.41) is 19.7. The second-order valence-electron chi connectivity index (χ2n) is 16.3. The van der Waals surface area contributed by atoms with Gasteiger partial charge in [0.15, 0.2) is 0 Å². The van der Waals surface area contributed by atoms with Crippen LogP contribution in [0.4, 0.5) is 0 Å². The van der Waals surface area contributed by atoms with Crippen molar-refractivity contribution >= 4 is 76.5 Å². The summed E-state index contributed by atoms with van der Waals surface area (Å²) in [5.74, 6) is 0.253. The number of aromatic hydroxyl groups is 1. The summed E-state index contributed by atoms with van der Waals surface area (Å²) in [4.78, 5) is 10.4. The van der Waals surface area contributed by atoms with Crippen molar-refractivity contribution < 1.29 is 26.2 Å². The van der Waals surface area contributed by atoms with E-state index in [-0.39, 0.29) is 32.2 Å². The number of hydrogen-bond acceptors (Lipinski definition) is 3. The molecule has 0 radical (unpaired) electrons. The second-order valence-corrected chi connectivity index (χ2v) is 16.3. The molecule has 0 aliphatic heterocycles. The van der Waals surface area contributed by atoms with Crippen LogP contribution in [0.15, 0.2) is 152 Å². The Bertz CT molecular complexity index is 3630. The minimum Gasteiger partial charge on any atom is -0.506 e. The molecular formula is C52H35N4OPt-. The molecule has 1 N–H and O–H groups in total. The van der Waals surface area contributed by atoms with Gasteiger partial charge in [-0.2, -0.15) is 0 Å². The number of fused-ring (bicyclic) bond motifs is 14. The average molecular weight is 927 g/mol. The third-order valence-corrected chi connectivity index (χ3v) is 12.0. The second kappa shape index (κ2) is 12.5. The molecule has 58 heavy (non-hydrogen) atoms. The van der Waals surface area contributed by atoms with Crippen molar-refractivity contribution in [2.45, 2.75) is 26.2 Å². The van der Waals surface area contributed by atoms with E-state index >= 15 is 0 Å². The van der Waals surface area contributed by atoms with E-state index in [4.69, 9.17) is 9.97 Å². The topological polar surface area (TPSA) is 54.8 Å². The molecule has 0 amide bonds. The van der Waals surface area contributed by atoms with Gasteiger partial charge in [-0.05, 0) is 46.9 Å². The van der Waals surface area contributed by atoms with Crippen LogP contribution in [0.5, 0.6) is 5.75 Å². The molecule has 12 rings (SSSR count). The Morgan fingerprint density at radius 1 is 0.552 bits per heavy atom. The zero-order valence-electron chi connectivity index (χ0n) is 32.0. The third kappa shape index (κ3) is 4.80.